The molecule has 0 bridgehead atoms. The van der Waals surface area contributed by atoms with Crippen LogP contribution in [0.4, 0.5) is 0 Å². The molecule has 0 radical (unpaired) electrons. The average molecular weight is 452 g/mol. The third kappa shape index (κ3) is 4.97. The van der Waals surface area contributed by atoms with E-state index in [9.17, 15) is 14.4 Å². The van der Waals surface area contributed by atoms with Crippen LogP contribution in [0, 0.1) is 5.92 Å². The van der Waals surface area contributed by atoms with Crippen LogP contribution in [-0.2, 0) is 4.79 Å². The number of aromatic amines is 1. The lowest BCUT2D eigenvalue weighted by Gasteiger charge is -2.32. The number of hydrogen-bond acceptors (Lipinski definition) is 4. The molecule has 32 heavy (non-hydrogen) atoms. The fourth-order valence-electron chi connectivity index (χ4n) is 3.63. The second-order valence-electron chi connectivity index (χ2n) is 7.57. The summed E-state index contributed by atoms with van der Waals surface area (Å²) < 4.78 is 0. The molecule has 2 heterocycles. The van der Waals surface area contributed by atoms with E-state index in [0.717, 1.165) is 5.56 Å². The number of hydrogen-bond donors (Lipinski definition) is 3. The van der Waals surface area contributed by atoms with Crippen molar-refractivity contribution >= 4 is 29.3 Å². The Labute approximate surface area is 189 Å². The second-order valence-corrected chi connectivity index (χ2v) is 8.01. The van der Waals surface area contributed by atoms with Gasteiger partial charge >= 0.3 is 0 Å². The highest BCUT2D eigenvalue weighted by atomic mass is 35.5. The van der Waals surface area contributed by atoms with Crippen molar-refractivity contribution in [2.45, 2.75) is 12.8 Å². The van der Waals surface area contributed by atoms with E-state index >= 15 is 0 Å². The summed E-state index contributed by atoms with van der Waals surface area (Å²) in [6, 6.07) is 17.7. The highest BCUT2D eigenvalue weighted by molar-refractivity contribution is 6.30. The number of halogens is 1. The summed E-state index contributed by atoms with van der Waals surface area (Å²) in [4.78, 5) is 39.4. The van der Waals surface area contributed by atoms with Gasteiger partial charge in [-0.05, 0) is 43.2 Å². The molecule has 3 N–H and O–H groups in total. The Bertz CT molecular complexity index is 1110. The topological polar surface area (TPSA) is 107 Å². The number of amides is 3. The van der Waals surface area contributed by atoms with Crippen molar-refractivity contribution < 1.29 is 14.4 Å². The minimum absolute atomic E-state index is 0.144. The van der Waals surface area contributed by atoms with Crippen LogP contribution in [0.5, 0.6) is 0 Å². The molecular weight excluding hydrogens is 430 g/mol. The van der Waals surface area contributed by atoms with E-state index in [2.05, 4.69) is 21.0 Å². The molecule has 164 valence electrons. The van der Waals surface area contributed by atoms with Gasteiger partial charge in [0.2, 0.25) is 5.91 Å². The number of hydrazine groups is 1. The molecule has 0 aliphatic carbocycles. The standard InChI is InChI=1S/C23H22ClN5O3/c24-18-10-8-16(9-11-18)23(32)29-12-4-7-17(14-29)21(30)27-28-22(31)20-13-19(25-26-20)15-5-2-1-3-6-15/h1-3,5-6,8-11,13,17H,4,7,12,14H2,(H,25,26)(H,27,30)(H,28,31)/t17-/m0/s1. The number of benzene rings is 2. The first-order valence-electron chi connectivity index (χ1n) is 10.3. The fraction of sp³-hybridized carbons (Fsp3) is 0.217. The van der Waals surface area contributed by atoms with Gasteiger partial charge in [-0.25, -0.2) is 0 Å². The molecule has 3 aromatic rings. The van der Waals surface area contributed by atoms with Crippen molar-refractivity contribution in [2.75, 3.05) is 13.1 Å². The predicted octanol–water partition coefficient (Wildman–Crippen LogP) is 3.04. The monoisotopic (exact) mass is 451 g/mol. The quantitative estimate of drug-likeness (QED) is 0.530. The zero-order valence-electron chi connectivity index (χ0n) is 17.2. The molecule has 1 fully saturated rings. The van der Waals surface area contributed by atoms with Crippen LogP contribution in [0.3, 0.4) is 0 Å². The van der Waals surface area contributed by atoms with Gasteiger partial charge in [-0.3, -0.25) is 30.3 Å². The van der Waals surface area contributed by atoms with Crippen LogP contribution in [0.15, 0.2) is 60.7 Å². The molecule has 9 heteroatoms. The number of nitrogens with zero attached hydrogens (tertiary/aromatic N) is 2. The molecule has 3 amide bonds. The fourth-order valence-corrected chi connectivity index (χ4v) is 3.76. The average Bonchev–Trinajstić information content (AvgIpc) is 3.33. The smallest absolute Gasteiger partial charge is 0.287 e. The number of rotatable bonds is 4. The predicted molar refractivity (Wildman–Crippen MR) is 120 cm³/mol. The minimum Gasteiger partial charge on any atom is -0.338 e. The van der Waals surface area contributed by atoms with Crippen molar-refractivity contribution in [3.63, 3.8) is 0 Å². The SMILES string of the molecule is O=C(NNC(=O)[C@H]1CCCN(C(=O)c2ccc(Cl)cc2)C1)c1cc(-c2ccccc2)n[nH]1. The number of likely N-dealkylation sites (tertiary alicyclic amines) is 1. The maximum absolute atomic E-state index is 12.7. The first-order valence-corrected chi connectivity index (χ1v) is 10.6. The summed E-state index contributed by atoms with van der Waals surface area (Å²) in [7, 11) is 0. The highest BCUT2D eigenvalue weighted by Crippen LogP contribution is 2.20. The summed E-state index contributed by atoms with van der Waals surface area (Å²) >= 11 is 5.89. The lowest BCUT2D eigenvalue weighted by molar-refractivity contribution is -0.127. The van der Waals surface area contributed by atoms with Gasteiger partial charge < -0.3 is 4.90 Å². The Morgan fingerprint density at radius 3 is 2.53 bits per heavy atom. The molecule has 2 aromatic carbocycles. The lowest BCUT2D eigenvalue weighted by Crippen LogP contribution is -2.50. The third-order valence-corrected chi connectivity index (χ3v) is 5.61. The maximum atomic E-state index is 12.7. The molecule has 1 aromatic heterocycles. The van der Waals surface area contributed by atoms with Crippen molar-refractivity contribution in [1.82, 2.24) is 25.9 Å². The Kier molecular flexibility index (Phi) is 6.51. The zero-order chi connectivity index (χ0) is 22.5. The molecule has 1 aliphatic heterocycles. The van der Waals surface area contributed by atoms with Crippen molar-refractivity contribution in [3.05, 3.63) is 76.9 Å². The van der Waals surface area contributed by atoms with Crippen LogP contribution in [-0.4, -0.2) is 45.9 Å². The molecule has 8 nitrogen and oxygen atoms in total. The largest absolute Gasteiger partial charge is 0.338 e. The van der Waals surface area contributed by atoms with Crippen molar-refractivity contribution in [3.8, 4) is 11.3 Å². The van der Waals surface area contributed by atoms with Gasteiger partial charge in [-0.1, -0.05) is 41.9 Å². The zero-order valence-corrected chi connectivity index (χ0v) is 17.9. The van der Waals surface area contributed by atoms with E-state index in [-0.39, 0.29) is 24.1 Å². The number of carbonyl (C=O) groups excluding carboxylic acids is 3. The van der Waals surface area contributed by atoms with E-state index in [1.54, 1.807) is 35.2 Å². The number of carbonyl (C=O) groups is 3. The lowest BCUT2D eigenvalue weighted by atomic mass is 9.96. The van der Waals surface area contributed by atoms with Gasteiger partial charge in [0.25, 0.3) is 11.8 Å². The Morgan fingerprint density at radius 2 is 1.78 bits per heavy atom. The van der Waals surface area contributed by atoms with Gasteiger partial charge in [0.1, 0.15) is 5.69 Å². The first-order chi connectivity index (χ1) is 15.5. The number of nitrogens with one attached hydrogen (secondary N) is 3. The van der Waals surface area contributed by atoms with Gasteiger partial charge in [-0.2, -0.15) is 5.10 Å². The highest BCUT2D eigenvalue weighted by Gasteiger charge is 2.29. The molecule has 1 atom stereocenters. The Morgan fingerprint density at radius 1 is 1.03 bits per heavy atom. The molecule has 0 saturated carbocycles. The summed E-state index contributed by atoms with van der Waals surface area (Å²) in [6.07, 6.45) is 1.33. The van der Waals surface area contributed by atoms with E-state index in [1.807, 2.05) is 30.3 Å². The summed E-state index contributed by atoms with van der Waals surface area (Å²) in [6.45, 7) is 0.860. The molecule has 1 saturated heterocycles. The third-order valence-electron chi connectivity index (χ3n) is 5.36. The molecule has 0 spiro atoms. The van der Waals surface area contributed by atoms with Crippen LogP contribution in [0.25, 0.3) is 11.3 Å². The van der Waals surface area contributed by atoms with Gasteiger partial charge in [0.05, 0.1) is 11.6 Å². The van der Waals surface area contributed by atoms with E-state index < -0.39 is 11.8 Å². The van der Waals surface area contributed by atoms with Gasteiger partial charge in [0, 0.05) is 29.2 Å². The first kappa shape index (κ1) is 21.6. The van der Waals surface area contributed by atoms with Crippen LogP contribution in [0.1, 0.15) is 33.7 Å². The number of piperidine rings is 1. The molecule has 1 aliphatic rings. The van der Waals surface area contributed by atoms with Gasteiger partial charge in [0.15, 0.2) is 0 Å². The van der Waals surface area contributed by atoms with Crippen LogP contribution in [0.2, 0.25) is 5.02 Å². The normalized spacial score (nSPS) is 15.8. The van der Waals surface area contributed by atoms with Gasteiger partial charge in [-0.15, -0.1) is 0 Å². The summed E-state index contributed by atoms with van der Waals surface area (Å²) in [5.74, 6) is -1.40. The van der Waals surface area contributed by atoms with E-state index in [4.69, 9.17) is 11.6 Å². The number of aromatic nitrogens is 2. The summed E-state index contributed by atoms with van der Waals surface area (Å²) in [5.41, 5.74) is 7.14. The van der Waals surface area contributed by atoms with Crippen molar-refractivity contribution in [1.29, 1.82) is 0 Å². The Balaban J connectivity index is 1.32. The maximum Gasteiger partial charge on any atom is 0.287 e. The van der Waals surface area contributed by atoms with Crippen molar-refractivity contribution in [2.24, 2.45) is 5.92 Å². The Hall–Kier alpha value is -3.65. The van der Waals surface area contributed by atoms with Crippen LogP contribution < -0.4 is 10.9 Å². The number of H-pyrrole nitrogens is 1. The van der Waals surface area contributed by atoms with E-state index in [1.165, 1.54) is 0 Å². The van der Waals surface area contributed by atoms with Crippen LogP contribution >= 0.6 is 11.6 Å². The molecular formula is C23H22ClN5O3. The molecule has 0 unspecified atom stereocenters. The second kappa shape index (κ2) is 9.65. The summed E-state index contributed by atoms with van der Waals surface area (Å²) in [5, 5.41) is 7.37. The molecule has 4 rings (SSSR count). The minimum atomic E-state index is -0.502. The van der Waals surface area contributed by atoms with E-state index in [0.29, 0.717) is 35.7 Å².